The van der Waals surface area contributed by atoms with E-state index < -0.39 is 0 Å². The van der Waals surface area contributed by atoms with Gasteiger partial charge in [-0.2, -0.15) is 0 Å². The maximum Gasteiger partial charge on any atom is 0.337 e. The van der Waals surface area contributed by atoms with Crippen LogP contribution < -0.4 is 0 Å². The maximum atomic E-state index is 12.7. The highest BCUT2D eigenvalue weighted by Gasteiger charge is 2.24. The Kier molecular flexibility index (Phi) is 9.11. The molecule has 0 radical (unpaired) electrons. The van der Waals surface area contributed by atoms with Crippen molar-refractivity contribution in [1.82, 2.24) is 9.80 Å². The number of methoxy groups -OCH3 is 1. The number of carbonyl (C=O) groups excluding carboxylic acids is 2. The van der Waals surface area contributed by atoms with Crippen LogP contribution in [0.1, 0.15) is 33.2 Å². The van der Waals surface area contributed by atoms with Crippen molar-refractivity contribution in [3.8, 4) is 0 Å². The van der Waals surface area contributed by atoms with Crippen LogP contribution >= 0.6 is 11.6 Å². The fourth-order valence-electron chi connectivity index (χ4n) is 4.28. The molecule has 0 N–H and O–H groups in total. The molecular formula is C29H31ClN2O4. The SMILES string of the molecule is COC(=O)c1ccc(CO[C@@H](CN2CCN(C(=O)Cc3ccccc3)CC2)c2ccc(Cl)cc2)cc1. The van der Waals surface area contributed by atoms with Gasteiger partial charge in [0.2, 0.25) is 5.91 Å². The number of rotatable bonds is 9. The van der Waals surface area contributed by atoms with Gasteiger partial charge in [0.05, 0.1) is 31.8 Å². The lowest BCUT2D eigenvalue weighted by molar-refractivity contribution is -0.132. The Bertz CT molecular complexity index is 1130. The summed E-state index contributed by atoms with van der Waals surface area (Å²) in [6.07, 6.45) is 0.278. The molecule has 1 atom stereocenters. The third kappa shape index (κ3) is 7.17. The van der Waals surface area contributed by atoms with Gasteiger partial charge in [-0.15, -0.1) is 0 Å². The molecule has 0 spiro atoms. The minimum absolute atomic E-state index is 0.158. The molecule has 0 bridgehead atoms. The zero-order valence-corrected chi connectivity index (χ0v) is 21.2. The van der Waals surface area contributed by atoms with Gasteiger partial charge >= 0.3 is 5.97 Å². The van der Waals surface area contributed by atoms with Crippen LogP contribution in [0.25, 0.3) is 0 Å². The quantitative estimate of drug-likeness (QED) is 0.391. The molecule has 36 heavy (non-hydrogen) atoms. The second-order valence-electron chi connectivity index (χ2n) is 8.88. The predicted molar refractivity (Wildman–Crippen MR) is 140 cm³/mol. The van der Waals surface area contributed by atoms with Crippen LogP contribution in [0.4, 0.5) is 0 Å². The first-order valence-electron chi connectivity index (χ1n) is 12.1. The summed E-state index contributed by atoms with van der Waals surface area (Å²) in [7, 11) is 1.37. The van der Waals surface area contributed by atoms with Crippen molar-refractivity contribution < 1.29 is 19.1 Å². The summed E-state index contributed by atoms with van der Waals surface area (Å²) >= 11 is 6.11. The van der Waals surface area contributed by atoms with Crippen LogP contribution in [0.15, 0.2) is 78.9 Å². The Morgan fingerprint density at radius 1 is 0.861 bits per heavy atom. The molecule has 1 saturated heterocycles. The van der Waals surface area contributed by atoms with Crippen molar-refractivity contribution in [3.63, 3.8) is 0 Å². The van der Waals surface area contributed by atoms with Gasteiger partial charge in [0.25, 0.3) is 0 Å². The topological polar surface area (TPSA) is 59.1 Å². The van der Waals surface area contributed by atoms with Gasteiger partial charge in [-0.05, 0) is 41.0 Å². The number of halogens is 1. The Morgan fingerprint density at radius 3 is 2.17 bits per heavy atom. The van der Waals surface area contributed by atoms with Crippen molar-refractivity contribution in [3.05, 3.63) is 106 Å². The molecule has 1 heterocycles. The van der Waals surface area contributed by atoms with E-state index in [0.717, 1.165) is 29.8 Å². The molecule has 3 aromatic rings. The Labute approximate surface area is 217 Å². The highest BCUT2D eigenvalue weighted by atomic mass is 35.5. The van der Waals surface area contributed by atoms with Crippen molar-refractivity contribution in [2.24, 2.45) is 0 Å². The number of carbonyl (C=O) groups is 2. The summed E-state index contributed by atoms with van der Waals surface area (Å²) in [5.41, 5.74) is 3.57. The lowest BCUT2D eigenvalue weighted by Crippen LogP contribution is -2.50. The van der Waals surface area contributed by atoms with Crippen molar-refractivity contribution in [2.75, 3.05) is 39.8 Å². The number of esters is 1. The summed E-state index contributed by atoms with van der Waals surface area (Å²) in [5.74, 6) is -0.190. The van der Waals surface area contributed by atoms with Crippen LogP contribution in [0.3, 0.4) is 0 Å². The molecule has 188 valence electrons. The second-order valence-corrected chi connectivity index (χ2v) is 9.32. The smallest absolute Gasteiger partial charge is 0.337 e. The van der Waals surface area contributed by atoms with Gasteiger partial charge in [-0.3, -0.25) is 9.69 Å². The average molecular weight is 507 g/mol. The van der Waals surface area contributed by atoms with Crippen LogP contribution in [-0.2, 0) is 27.3 Å². The molecule has 7 heteroatoms. The normalized spacial score (nSPS) is 14.9. The molecule has 0 saturated carbocycles. The number of piperazine rings is 1. The van der Waals surface area contributed by atoms with Crippen molar-refractivity contribution in [2.45, 2.75) is 19.1 Å². The molecule has 1 aliphatic heterocycles. The number of amides is 1. The number of ether oxygens (including phenoxy) is 2. The highest BCUT2D eigenvalue weighted by molar-refractivity contribution is 6.30. The van der Waals surface area contributed by atoms with Crippen LogP contribution in [0, 0.1) is 0 Å². The standard InChI is InChI=1S/C29H31ClN2O4/c1-35-29(34)25-9-7-23(8-10-25)21-36-27(24-11-13-26(30)14-12-24)20-31-15-17-32(18-16-31)28(33)19-22-5-3-2-4-6-22/h2-14,27H,15-21H2,1H3/t27-/m0/s1. The average Bonchev–Trinajstić information content (AvgIpc) is 2.92. The van der Waals surface area contributed by atoms with E-state index in [-0.39, 0.29) is 18.0 Å². The molecule has 6 nitrogen and oxygen atoms in total. The summed E-state index contributed by atoms with van der Waals surface area (Å²) in [6, 6.07) is 24.8. The molecular weight excluding hydrogens is 476 g/mol. The first kappa shape index (κ1) is 25.9. The van der Waals surface area contributed by atoms with Gasteiger partial charge in [0.1, 0.15) is 0 Å². The molecule has 1 amide bonds. The van der Waals surface area contributed by atoms with E-state index in [1.807, 2.05) is 71.6 Å². The number of hydrogen-bond donors (Lipinski definition) is 0. The molecule has 3 aromatic carbocycles. The molecule has 1 aliphatic rings. The number of hydrogen-bond acceptors (Lipinski definition) is 5. The third-order valence-electron chi connectivity index (χ3n) is 6.42. The lowest BCUT2D eigenvalue weighted by atomic mass is 10.1. The lowest BCUT2D eigenvalue weighted by Gasteiger charge is -2.36. The van der Waals surface area contributed by atoms with E-state index in [0.29, 0.717) is 43.2 Å². The van der Waals surface area contributed by atoms with Gasteiger partial charge in [-0.25, -0.2) is 4.79 Å². The Morgan fingerprint density at radius 2 is 1.53 bits per heavy atom. The zero-order chi connectivity index (χ0) is 25.3. The van der Waals surface area contributed by atoms with Gasteiger partial charge < -0.3 is 14.4 Å². The summed E-state index contributed by atoms with van der Waals surface area (Å²) < 4.78 is 11.1. The van der Waals surface area contributed by atoms with E-state index >= 15 is 0 Å². The highest BCUT2D eigenvalue weighted by Crippen LogP contribution is 2.24. The fourth-order valence-corrected chi connectivity index (χ4v) is 4.41. The molecule has 0 aromatic heterocycles. The maximum absolute atomic E-state index is 12.7. The van der Waals surface area contributed by atoms with E-state index in [4.69, 9.17) is 21.1 Å². The van der Waals surface area contributed by atoms with Gasteiger partial charge in [-0.1, -0.05) is 66.2 Å². The van der Waals surface area contributed by atoms with E-state index in [2.05, 4.69) is 4.90 Å². The van der Waals surface area contributed by atoms with E-state index in [9.17, 15) is 9.59 Å². The summed E-state index contributed by atoms with van der Waals surface area (Å²) in [4.78, 5) is 28.7. The summed E-state index contributed by atoms with van der Waals surface area (Å²) in [5, 5.41) is 0.682. The minimum Gasteiger partial charge on any atom is -0.465 e. The van der Waals surface area contributed by atoms with E-state index in [1.165, 1.54) is 7.11 Å². The Balaban J connectivity index is 1.35. The molecule has 4 rings (SSSR count). The van der Waals surface area contributed by atoms with Crippen LogP contribution in [0.2, 0.25) is 5.02 Å². The van der Waals surface area contributed by atoms with Crippen LogP contribution in [0.5, 0.6) is 0 Å². The second kappa shape index (κ2) is 12.7. The minimum atomic E-state index is -0.358. The van der Waals surface area contributed by atoms with Crippen LogP contribution in [-0.4, -0.2) is 61.5 Å². The largest absolute Gasteiger partial charge is 0.465 e. The summed E-state index contributed by atoms with van der Waals surface area (Å²) in [6.45, 7) is 4.11. The Hall–Kier alpha value is -3.19. The first-order chi connectivity index (χ1) is 17.5. The zero-order valence-electron chi connectivity index (χ0n) is 20.4. The first-order valence-corrected chi connectivity index (χ1v) is 12.5. The van der Waals surface area contributed by atoms with Crippen molar-refractivity contribution >= 4 is 23.5 Å². The van der Waals surface area contributed by atoms with Crippen molar-refractivity contribution in [1.29, 1.82) is 0 Å². The van der Waals surface area contributed by atoms with Gasteiger partial charge in [0.15, 0.2) is 0 Å². The number of benzene rings is 3. The fraction of sp³-hybridized carbons (Fsp3) is 0.310. The predicted octanol–water partition coefficient (Wildman–Crippen LogP) is 4.77. The van der Waals surface area contributed by atoms with Gasteiger partial charge in [0, 0.05) is 37.7 Å². The molecule has 1 fully saturated rings. The monoisotopic (exact) mass is 506 g/mol. The van der Waals surface area contributed by atoms with E-state index in [1.54, 1.807) is 12.1 Å². The molecule has 0 unspecified atom stereocenters. The third-order valence-corrected chi connectivity index (χ3v) is 6.67. The molecule has 0 aliphatic carbocycles. The number of nitrogens with zero attached hydrogens (tertiary/aromatic N) is 2.